The molecule has 1 aliphatic heterocycles. The Bertz CT molecular complexity index is 738. The van der Waals surface area contributed by atoms with Gasteiger partial charge in [0.25, 0.3) is 0 Å². The number of nitrogens with zero attached hydrogens (tertiary/aromatic N) is 2. The molecule has 0 saturated carbocycles. The van der Waals surface area contributed by atoms with E-state index in [2.05, 4.69) is 40.5 Å². The van der Waals surface area contributed by atoms with Gasteiger partial charge >= 0.3 is 0 Å². The van der Waals surface area contributed by atoms with Crippen molar-refractivity contribution >= 4 is 41.7 Å². The number of piperidine rings is 1. The number of rotatable bonds is 12. The Kier molecular flexibility index (Phi) is 13.8. The highest BCUT2D eigenvalue weighted by Crippen LogP contribution is 2.17. The van der Waals surface area contributed by atoms with Crippen LogP contribution in [-0.2, 0) is 15.9 Å². The third-order valence-corrected chi connectivity index (χ3v) is 6.20. The summed E-state index contributed by atoms with van der Waals surface area (Å²) in [6, 6.07) is 14.5. The number of nitrogens with one attached hydrogen (secondary N) is 1. The molecule has 8 heteroatoms. The smallest absolute Gasteiger partial charge is 0.193 e. The van der Waals surface area contributed by atoms with Crippen molar-refractivity contribution in [2.75, 3.05) is 52.3 Å². The maximum absolute atomic E-state index is 6.01. The Morgan fingerprint density at radius 1 is 1.16 bits per heavy atom. The highest BCUT2D eigenvalue weighted by Gasteiger charge is 2.22. The lowest BCUT2D eigenvalue weighted by molar-refractivity contribution is 0.00991. The van der Waals surface area contributed by atoms with Crippen molar-refractivity contribution in [3.8, 4) is 0 Å². The maximum atomic E-state index is 6.01. The van der Waals surface area contributed by atoms with Crippen LogP contribution in [-0.4, -0.2) is 69.2 Å². The van der Waals surface area contributed by atoms with Gasteiger partial charge in [0.15, 0.2) is 5.96 Å². The lowest BCUT2D eigenvalue weighted by atomic mass is 10.1. The minimum Gasteiger partial charge on any atom is -0.469 e. The number of methoxy groups -OCH3 is 1. The highest BCUT2D eigenvalue weighted by atomic mass is 127. The predicted octanol–water partition coefficient (Wildman–Crippen LogP) is 4.70. The van der Waals surface area contributed by atoms with Gasteiger partial charge in [-0.3, -0.25) is 4.99 Å². The minimum atomic E-state index is 0. The lowest BCUT2D eigenvalue weighted by Crippen LogP contribution is -2.47. The van der Waals surface area contributed by atoms with E-state index < -0.39 is 0 Å². The van der Waals surface area contributed by atoms with Gasteiger partial charge in [0.05, 0.1) is 12.4 Å². The van der Waals surface area contributed by atoms with Crippen LogP contribution in [0.25, 0.3) is 0 Å². The molecule has 1 fully saturated rings. The maximum Gasteiger partial charge on any atom is 0.193 e. The first-order chi connectivity index (χ1) is 15.3. The van der Waals surface area contributed by atoms with Crippen molar-refractivity contribution in [3.63, 3.8) is 0 Å². The van der Waals surface area contributed by atoms with Crippen LogP contribution >= 0.6 is 35.7 Å². The van der Waals surface area contributed by atoms with Crippen LogP contribution < -0.4 is 5.32 Å². The van der Waals surface area contributed by atoms with E-state index in [4.69, 9.17) is 18.9 Å². The average molecular weight is 574 g/mol. The molecule has 0 spiro atoms. The number of halogens is 1. The average Bonchev–Trinajstić information content (AvgIpc) is 3.33. The van der Waals surface area contributed by atoms with Gasteiger partial charge < -0.3 is 24.1 Å². The van der Waals surface area contributed by atoms with Crippen molar-refractivity contribution in [3.05, 3.63) is 54.5 Å². The zero-order chi connectivity index (χ0) is 21.6. The molecular formula is C24H36IN3O3S. The Morgan fingerprint density at radius 3 is 2.69 bits per heavy atom. The molecule has 0 aliphatic carbocycles. The molecule has 0 amide bonds. The minimum absolute atomic E-state index is 0. The molecule has 1 aromatic heterocycles. The molecular weight excluding hydrogens is 537 g/mol. The van der Waals surface area contributed by atoms with Gasteiger partial charge in [0.2, 0.25) is 0 Å². The van der Waals surface area contributed by atoms with E-state index in [-0.39, 0.29) is 24.0 Å². The van der Waals surface area contributed by atoms with Gasteiger partial charge in [-0.15, -0.1) is 35.7 Å². The molecule has 0 bridgehead atoms. The topological polar surface area (TPSA) is 59.2 Å². The molecule has 2 aromatic rings. The molecule has 1 aromatic carbocycles. The highest BCUT2D eigenvalue weighted by molar-refractivity contribution is 14.0. The number of benzene rings is 1. The number of likely N-dealkylation sites (tertiary alicyclic amines) is 1. The second kappa shape index (κ2) is 16.4. The number of thioether (sulfide) groups is 1. The Morgan fingerprint density at radius 2 is 1.97 bits per heavy atom. The van der Waals surface area contributed by atoms with Crippen LogP contribution in [0.15, 0.2) is 63.0 Å². The second-order valence-electron chi connectivity index (χ2n) is 7.53. The quantitative estimate of drug-likeness (QED) is 0.131. The zero-order valence-corrected chi connectivity index (χ0v) is 22.1. The van der Waals surface area contributed by atoms with Crippen molar-refractivity contribution in [2.45, 2.75) is 36.7 Å². The van der Waals surface area contributed by atoms with Gasteiger partial charge in [0, 0.05) is 63.6 Å². The van der Waals surface area contributed by atoms with E-state index >= 15 is 0 Å². The fourth-order valence-electron chi connectivity index (χ4n) is 3.53. The first-order valence-corrected chi connectivity index (χ1v) is 12.2. The van der Waals surface area contributed by atoms with Crippen LogP contribution in [0.2, 0.25) is 0 Å². The Balaban J connectivity index is 0.00000363. The molecule has 32 heavy (non-hydrogen) atoms. The van der Waals surface area contributed by atoms with Crippen molar-refractivity contribution in [2.24, 2.45) is 4.99 Å². The van der Waals surface area contributed by atoms with E-state index in [1.807, 2.05) is 23.9 Å². The van der Waals surface area contributed by atoms with Crippen molar-refractivity contribution in [1.82, 2.24) is 10.2 Å². The number of hydrogen-bond acceptors (Lipinski definition) is 5. The summed E-state index contributed by atoms with van der Waals surface area (Å²) in [6.45, 7) is 5.07. The molecule has 3 rings (SSSR count). The van der Waals surface area contributed by atoms with Crippen molar-refractivity contribution in [1.29, 1.82) is 0 Å². The predicted molar refractivity (Wildman–Crippen MR) is 142 cm³/mol. The lowest BCUT2D eigenvalue weighted by Gasteiger charge is -2.34. The van der Waals surface area contributed by atoms with Gasteiger partial charge in [-0.2, -0.15) is 0 Å². The summed E-state index contributed by atoms with van der Waals surface area (Å²) in [7, 11) is 1.73. The van der Waals surface area contributed by atoms with Gasteiger partial charge in [-0.1, -0.05) is 18.2 Å². The summed E-state index contributed by atoms with van der Waals surface area (Å²) in [4.78, 5) is 8.55. The summed E-state index contributed by atoms with van der Waals surface area (Å²) in [5.41, 5.74) is 0. The number of guanidine groups is 1. The number of furan rings is 1. The van der Waals surface area contributed by atoms with E-state index in [0.717, 1.165) is 82.5 Å². The normalized spacial score (nSPS) is 14.9. The number of aliphatic imine (C=N–C) groups is 1. The van der Waals surface area contributed by atoms with Gasteiger partial charge in [-0.05, 0) is 43.5 Å². The standard InChI is InChI=1S/C24H35N3O3S.HI/c1-28-17-6-19-30-22-11-15-27(16-12-22)24(25-13-10-21-7-5-18-29-21)26-14-20-31-23-8-3-2-4-9-23;/h2-5,7-9,18,22H,6,10-17,19-20H2,1H3,(H,25,26);1H. The third kappa shape index (κ3) is 10.1. The third-order valence-electron chi connectivity index (χ3n) is 5.18. The SMILES string of the molecule is COCCCOC1CCN(C(=NCCc2ccco2)NCCSc2ccccc2)CC1.I. The van der Waals surface area contributed by atoms with Crippen LogP contribution in [0.1, 0.15) is 25.0 Å². The second-order valence-corrected chi connectivity index (χ2v) is 8.69. The monoisotopic (exact) mass is 573 g/mol. The summed E-state index contributed by atoms with van der Waals surface area (Å²) in [6.07, 6.45) is 5.89. The number of hydrogen-bond donors (Lipinski definition) is 1. The number of ether oxygens (including phenoxy) is 2. The molecule has 0 atom stereocenters. The molecule has 0 unspecified atom stereocenters. The molecule has 178 valence electrons. The van der Waals surface area contributed by atoms with E-state index in [0.29, 0.717) is 6.10 Å². The summed E-state index contributed by atoms with van der Waals surface area (Å²) in [5, 5.41) is 3.58. The summed E-state index contributed by atoms with van der Waals surface area (Å²) in [5.74, 6) is 2.98. The Hall–Kier alpha value is -1.23. The van der Waals surface area contributed by atoms with Crippen LogP contribution in [0.5, 0.6) is 0 Å². The van der Waals surface area contributed by atoms with Gasteiger partial charge in [0.1, 0.15) is 5.76 Å². The van der Waals surface area contributed by atoms with Crippen LogP contribution in [0.4, 0.5) is 0 Å². The molecule has 2 heterocycles. The fourth-order valence-corrected chi connectivity index (χ4v) is 4.32. The molecule has 1 N–H and O–H groups in total. The largest absolute Gasteiger partial charge is 0.469 e. The van der Waals surface area contributed by atoms with Crippen LogP contribution in [0.3, 0.4) is 0 Å². The molecule has 1 aliphatic rings. The van der Waals surface area contributed by atoms with E-state index in [1.165, 1.54) is 4.90 Å². The Labute approximate surface area is 213 Å². The van der Waals surface area contributed by atoms with Crippen molar-refractivity contribution < 1.29 is 13.9 Å². The fraction of sp³-hybridized carbons (Fsp3) is 0.542. The van der Waals surface area contributed by atoms with E-state index in [9.17, 15) is 0 Å². The van der Waals surface area contributed by atoms with Crippen LogP contribution in [0, 0.1) is 0 Å². The molecule has 0 radical (unpaired) electrons. The first-order valence-electron chi connectivity index (χ1n) is 11.2. The zero-order valence-electron chi connectivity index (χ0n) is 18.9. The van der Waals surface area contributed by atoms with E-state index in [1.54, 1.807) is 13.4 Å². The molecule has 1 saturated heterocycles. The summed E-state index contributed by atoms with van der Waals surface area (Å²) >= 11 is 1.86. The van der Waals surface area contributed by atoms with Gasteiger partial charge in [-0.25, -0.2) is 0 Å². The first kappa shape index (κ1) is 27.0. The molecule has 6 nitrogen and oxygen atoms in total. The summed E-state index contributed by atoms with van der Waals surface area (Å²) < 4.78 is 16.6.